The zero-order chi connectivity index (χ0) is 15.5. The van der Waals surface area contributed by atoms with Crippen LogP contribution in [0, 0.1) is 11.3 Å². The number of carboxylic acids is 1. The number of hydrogen-bond donors (Lipinski definition) is 3. The van der Waals surface area contributed by atoms with Gasteiger partial charge in [0.15, 0.2) is 0 Å². The summed E-state index contributed by atoms with van der Waals surface area (Å²) >= 11 is 0. The average Bonchev–Trinajstić information content (AvgIpc) is 2.37. The van der Waals surface area contributed by atoms with Crippen LogP contribution in [0.25, 0.3) is 0 Å². The highest BCUT2D eigenvalue weighted by atomic mass is 16.4. The lowest BCUT2D eigenvalue weighted by atomic mass is 9.67. The van der Waals surface area contributed by atoms with Gasteiger partial charge in [0, 0.05) is 5.57 Å². The van der Waals surface area contributed by atoms with Gasteiger partial charge in [-0.1, -0.05) is 25.5 Å². The molecule has 0 aromatic carbocycles. The third kappa shape index (κ3) is 3.93. The van der Waals surface area contributed by atoms with Crippen LogP contribution in [0.3, 0.4) is 0 Å². The van der Waals surface area contributed by atoms with E-state index in [9.17, 15) is 15.0 Å². The van der Waals surface area contributed by atoms with E-state index in [1.807, 2.05) is 13.8 Å². The van der Waals surface area contributed by atoms with Gasteiger partial charge in [-0.15, -0.1) is 0 Å². The summed E-state index contributed by atoms with van der Waals surface area (Å²) in [7, 11) is 0. The number of aliphatic carboxylic acids is 1. The maximum absolute atomic E-state index is 10.8. The largest absolute Gasteiger partial charge is 0.478 e. The first-order chi connectivity index (χ1) is 9.16. The van der Waals surface area contributed by atoms with E-state index in [0.29, 0.717) is 0 Å². The maximum Gasteiger partial charge on any atom is 0.331 e. The van der Waals surface area contributed by atoms with Gasteiger partial charge >= 0.3 is 5.97 Å². The van der Waals surface area contributed by atoms with Crippen molar-refractivity contribution in [1.29, 1.82) is 0 Å². The van der Waals surface area contributed by atoms with Crippen molar-refractivity contribution in [3.05, 3.63) is 23.3 Å². The van der Waals surface area contributed by atoms with Crippen LogP contribution < -0.4 is 0 Å². The Morgan fingerprint density at radius 3 is 2.50 bits per heavy atom. The van der Waals surface area contributed by atoms with E-state index < -0.39 is 23.6 Å². The molecule has 0 radical (unpaired) electrons. The lowest BCUT2D eigenvalue weighted by molar-refractivity contribution is -0.132. The molecule has 3 N–H and O–H groups in total. The minimum atomic E-state index is -1.16. The van der Waals surface area contributed by atoms with E-state index in [1.54, 1.807) is 0 Å². The Labute approximate surface area is 120 Å². The number of rotatable bonds is 5. The second-order valence-electron chi connectivity index (χ2n) is 6.43. The quantitative estimate of drug-likeness (QED) is 0.535. The molecule has 114 valence electrons. The Morgan fingerprint density at radius 2 is 2.05 bits per heavy atom. The molecule has 0 bridgehead atoms. The van der Waals surface area contributed by atoms with E-state index in [4.69, 9.17) is 5.11 Å². The predicted octanol–water partition coefficient (Wildman–Crippen LogP) is 2.51. The molecule has 0 fully saturated rings. The molecule has 3 atom stereocenters. The highest BCUT2D eigenvalue weighted by Gasteiger charge is 2.39. The summed E-state index contributed by atoms with van der Waals surface area (Å²) in [6.07, 6.45) is 4.17. The Bertz CT molecular complexity index is 420. The Kier molecular flexibility index (Phi) is 5.54. The van der Waals surface area contributed by atoms with Gasteiger partial charge in [-0.05, 0) is 50.5 Å². The molecule has 0 saturated carbocycles. The van der Waals surface area contributed by atoms with Crippen LogP contribution in [-0.2, 0) is 4.79 Å². The zero-order valence-electron chi connectivity index (χ0n) is 12.8. The first-order valence-corrected chi connectivity index (χ1v) is 7.09. The van der Waals surface area contributed by atoms with Gasteiger partial charge in [-0.25, -0.2) is 4.79 Å². The van der Waals surface area contributed by atoms with Crippen molar-refractivity contribution < 1.29 is 20.1 Å². The SMILES string of the molecule is CC1=CC[C@@H](C(C)(C)[C@H](O)[C@@H](O)/C=C(\C)C(=O)O)CC1. The van der Waals surface area contributed by atoms with Crippen molar-refractivity contribution in [2.24, 2.45) is 11.3 Å². The molecular weight excluding hydrogens is 256 g/mol. The van der Waals surface area contributed by atoms with E-state index >= 15 is 0 Å². The number of carbonyl (C=O) groups is 1. The second kappa shape index (κ2) is 6.55. The summed E-state index contributed by atoms with van der Waals surface area (Å²) in [5.41, 5.74) is 0.951. The molecule has 0 saturated heterocycles. The molecule has 20 heavy (non-hydrogen) atoms. The molecule has 0 spiro atoms. The van der Waals surface area contributed by atoms with Crippen LogP contribution in [-0.4, -0.2) is 33.5 Å². The van der Waals surface area contributed by atoms with Gasteiger partial charge in [0.1, 0.15) is 0 Å². The van der Waals surface area contributed by atoms with Gasteiger partial charge < -0.3 is 15.3 Å². The van der Waals surface area contributed by atoms with Crippen LogP contribution in [0.4, 0.5) is 0 Å². The fraction of sp³-hybridized carbons (Fsp3) is 0.688. The monoisotopic (exact) mass is 282 g/mol. The Balaban J connectivity index is 2.81. The van der Waals surface area contributed by atoms with Crippen LogP contribution in [0.1, 0.15) is 47.0 Å². The third-order valence-corrected chi connectivity index (χ3v) is 4.53. The van der Waals surface area contributed by atoms with Crippen molar-refractivity contribution in [3.8, 4) is 0 Å². The number of aliphatic hydroxyl groups excluding tert-OH is 2. The smallest absolute Gasteiger partial charge is 0.331 e. The third-order valence-electron chi connectivity index (χ3n) is 4.53. The van der Waals surface area contributed by atoms with Crippen LogP contribution in [0.2, 0.25) is 0 Å². The molecule has 0 amide bonds. The summed E-state index contributed by atoms with van der Waals surface area (Å²) in [6, 6.07) is 0. The summed E-state index contributed by atoms with van der Waals surface area (Å²) in [4.78, 5) is 10.8. The molecule has 0 heterocycles. The Morgan fingerprint density at radius 1 is 1.45 bits per heavy atom. The maximum atomic E-state index is 10.8. The second-order valence-corrected chi connectivity index (χ2v) is 6.43. The highest BCUT2D eigenvalue weighted by Crippen LogP contribution is 2.41. The topological polar surface area (TPSA) is 77.8 Å². The summed E-state index contributed by atoms with van der Waals surface area (Å²) in [5.74, 6) is -0.792. The minimum Gasteiger partial charge on any atom is -0.478 e. The molecule has 0 aliphatic heterocycles. The van der Waals surface area contributed by atoms with Crippen LogP contribution in [0.15, 0.2) is 23.3 Å². The minimum absolute atomic E-state index is 0.0479. The molecule has 0 unspecified atom stereocenters. The van der Waals surface area contributed by atoms with Crippen LogP contribution in [0.5, 0.6) is 0 Å². The van der Waals surface area contributed by atoms with Crippen molar-refractivity contribution in [1.82, 2.24) is 0 Å². The number of hydrogen-bond acceptors (Lipinski definition) is 3. The average molecular weight is 282 g/mol. The molecule has 0 aromatic heterocycles. The number of allylic oxidation sites excluding steroid dienone is 2. The zero-order valence-corrected chi connectivity index (χ0v) is 12.8. The number of aliphatic hydroxyl groups is 2. The molecule has 1 aliphatic carbocycles. The molecule has 1 aliphatic rings. The Hall–Kier alpha value is -1.13. The lowest BCUT2D eigenvalue weighted by Crippen LogP contribution is -2.44. The van der Waals surface area contributed by atoms with Crippen LogP contribution >= 0.6 is 0 Å². The normalized spacial score (nSPS) is 24.0. The number of carboxylic acid groups (broad SMARTS) is 1. The van der Waals surface area contributed by atoms with Crippen molar-refractivity contribution in [3.63, 3.8) is 0 Å². The molecule has 0 aromatic rings. The first kappa shape index (κ1) is 16.9. The van der Waals surface area contributed by atoms with Crippen molar-refractivity contribution in [2.75, 3.05) is 0 Å². The standard InChI is InChI=1S/C16H26O4/c1-10-5-7-12(8-6-10)16(3,4)14(18)13(17)9-11(2)15(19)20/h5,9,12-14,17-18H,6-8H2,1-4H3,(H,19,20)/b11-9+/t12-,13+,14-/m1/s1. The lowest BCUT2D eigenvalue weighted by Gasteiger charge is -2.41. The van der Waals surface area contributed by atoms with Crippen molar-refractivity contribution >= 4 is 5.97 Å². The molecule has 1 rings (SSSR count). The molecule has 4 nitrogen and oxygen atoms in total. The van der Waals surface area contributed by atoms with Gasteiger partial charge in [0.05, 0.1) is 12.2 Å². The van der Waals surface area contributed by atoms with E-state index in [0.717, 1.165) is 19.3 Å². The molecular formula is C16H26O4. The summed E-state index contributed by atoms with van der Waals surface area (Å²) < 4.78 is 0. The predicted molar refractivity (Wildman–Crippen MR) is 78.3 cm³/mol. The van der Waals surface area contributed by atoms with E-state index in [1.165, 1.54) is 18.6 Å². The van der Waals surface area contributed by atoms with Gasteiger partial charge in [-0.2, -0.15) is 0 Å². The van der Waals surface area contributed by atoms with Gasteiger partial charge in [-0.3, -0.25) is 0 Å². The first-order valence-electron chi connectivity index (χ1n) is 7.09. The molecule has 4 heteroatoms. The summed E-state index contributed by atoms with van der Waals surface area (Å²) in [5, 5.41) is 29.3. The fourth-order valence-corrected chi connectivity index (χ4v) is 2.74. The van der Waals surface area contributed by atoms with E-state index in [-0.39, 0.29) is 11.5 Å². The van der Waals surface area contributed by atoms with Gasteiger partial charge in [0.2, 0.25) is 0 Å². The van der Waals surface area contributed by atoms with Gasteiger partial charge in [0.25, 0.3) is 0 Å². The highest BCUT2D eigenvalue weighted by molar-refractivity contribution is 5.85. The van der Waals surface area contributed by atoms with Crippen molar-refractivity contribution in [2.45, 2.75) is 59.2 Å². The van der Waals surface area contributed by atoms with E-state index in [2.05, 4.69) is 13.0 Å². The summed E-state index contributed by atoms with van der Waals surface area (Å²) in [6.45, 7) is 7.39. The fourth-order valence-electron chi connectivity index (χ4n) is 2.74.